The van der Waals surface area contributed by atoms with Crippen LogP contribution < -0.4 is 5.73 Å². The molecule has 2 aromatic rings. The molecule has 1 saturated heterocycles. The Bertz CT molecular complexity index is 546. The first-order chi connectivity index (χ1) is 8.24. The summed E-state index contributed by atoms with van der Waals surface area (Å²) < 4.78 is 8.56. The summed E-state index contributed by atoms with van der Waals surface area (Å²) in [4.78, 5) is 0. The summed E-state index contributed by atoms with van der Waals surface area (Å²) in [6.45, 7) is 0.819. The zero-order valence-electron chi connectivity index (χ0n) is 9.40. The van der Waals surface area contributed by atoms with Crippen molar-refractivity contribution in [2.45, 2.75) is 25.5 Å². The third-order valence-electron chi connectivity index (χ3n) is 3.09. The van der Waals surface area contributed by atoms with Crippen molar-refractivity contribution in [2.75, 3.05) is 12.3 Å². The second-order valence-corrected chi connectivity index (χ2v) is 5.27. The van der Waals surface area contributed by atoms with Crippen molar-refractivity contribution < 1.29 is 4.74 Å². The first-order valence-electron chi connectivity index (χ1n) is 5.79. The van der Waals surface area contributed by atoms with E-state index in [0.29, 0.717) is 0 Å². The Balaban J connectivity index is 2.03. The third kappa shape index (κ3) is 2.05. The Labute approximate surface area is 108 Å². The van der Waals surface area contributed by atoms with Gasteiger partial charge in [-0.25, -0.2) is 4.68 Å². The van der Waals surface area contributed by atoms with E-state index in [2.05, 4.69) is 21.0 Å². The molecule has 4 nitrogen and oxygen atoms in total. The number of benzene rings is 1. The fourth-order valence-corrected chi connectivity index (χ4v) is 2.68. The van der Waals surface area contributed by atoms with E-state index in [-0.39, 0.29) is 6.23 Å². The minimum atomic E-state index is 0.0642. The molecular formula is C12H14BrN3O. The largest absolute Gasteiger partial charge is 0.398 e. The SMILES string of the molecule is Nc1cc(Br)cc2nn([C@H]3CCCCO3)cc12. The van der Waals surface area contributed by atoms with Crippen LogP contribution in [0.3, 0.4) is 0 Å². The van der Waals surface area contributed by atoms with Crippen LogP contribution >= 0.6 is 15.9 Å². The lowest BCUT2D eigenvalue weighted by atomic mass is 10.2. The summed E-state index contributed by atoms with van der Waals surface area (Å²) in [5, 5.41) is 5.53. The molecule has 2 N–H and O–H groups in total. The Hall–Kier alpha value is -1.07. The molecule has 1 atom stereocenters. The summed E-state index contributed by atoms with van der Waals surface area (Å²) in [7, 11) is 0. The standard InChI is InChI=1S/C12H14BrN3O/c13-8-5-10(14)9-7-16(15-11(9)6-8)12-3-1-2-4-17-12/h5-7,12H,1-4,14H2/t12-/m1/s1. The third-order valence-corrected chi connectivity index (χ3v) is 3.55. The Morgan fingerprint density at radius 1 is 1.41 bits per heavy atom. The highest BCUT2D eigenvalue weighted by Gasteiger charge is 2.17. The number of aromatic nitrogens is 2. The molecular weight excluding hydrogens is 282 g/mol. The molecule has 1 aliphatic rings. The molecule has 0 amide bonds. The number of hydrogen-bond donors (Lipinski definition) is 1. The molecule has 0 spiro atoms. The molecule has 0 radical (unpaired) electrons. The lowest BCUT2D eigenvalue weighted by Gasteiger charge is -2.22. The van der Waals surface area contributed by atoms with E-state index in [0.717, 1.165) is 40.5 Å². The van der Waals surface area contributed by atoms with Crippen molar-refractivity contribution in [1.29, 1.82) is 0 Å². The minimum Gasteiger partial charge on any atom is -0.398 e. The predicted molar refractivity (Wildman–Crippen MR) is 70.7 cm³/mol. The van der Waals surface area contributed by atoms with Crippen molar-refractivity contribution in [3.8, 4) is 0 Å². The van der Waals surface area contributed by atoms with E-state index >= 15 is 0 Å². The van der Waals surface area contributed by atoms with Crippen molar-refractivity contribution >= 4 is 32.5 Å². The number of nitrogens with two attached hydrogens (primary N) is 1. The molecule has 2 heterocycles. The topological polar surface area (TPSA) is 53.1 Å². The number of anilines is 1. The first-order valence-corrected chi connectivity index (χ1v) is 6.59. The maximum Gasteiger partial charge on any atom is 0.150 e. The van der Waals surface area contributed by atoms with Gasteiger partial charge in [-0.3, -0.25) is 0 Å². The number of ether oxygens (including phenoxy) is 1. The zero-order chi connectivity index (χ0) is 11.8. The molecule has 3 rings (SSSR count). The highest BCUT2D eigenvalue weighted by atomic mass is 79.9. The van der Waals surface area contributed by atoms with Gasteiger partial charge in [-0.1, -0.05) is 15.9 Å². The van der Waals surface area contributed by atoms with E-state index in [4.69, 9.17) is 10.5 Å². The number of nitrogens with zero attached hydrogens (tertiary/aromatic N) is 2. The molecule has 17 heavy (non-hydrogen) atoms. The van der Waals surface area contributed by atoms with Gasteiger partial charge >= 0.3 is 0 Å². The van der Waals surface area contributed by atoms with Gasteiger partial charge in [0.15, 0.2) is 0 Å². The Kier molecular flexibility index (Phi) is 2.80. The maximum atomic E-state index is 5.98. The summed E-state index contributed by atoms with van der Waals surface area (Å²) in [5.74, 6) is 0. The fraction of sp³-hybridized carbons (Fsp3) is 0.417. The van der Waals surface area contributed by atoms with Gasteiger partial charge in [0.05, 0.1) is 5.52 Å². The molecule has 0 aliphatic carbocycles. The van der Waals surface area contributed by atoms with Gasteiger partial charge in [-0.15, -0.1) is 0 Å². The lowest BCUT2D eigenvalue weighted by molar-refractivity contribution is -0.0390. The van der Waals surface area contributed by atoms with Crippen LogP contribution in [-0.2, 0) is 4.74 Å². The highest BCUT2D eigenvalue weighted by Crippen LogP contribution is 2.28. The Morgan fingerprint density at radius 2 is 2.29 bits per heavy atom. The van der Waals surface area contributed by atoms with E-state index in [1.807, 2.05) is 23.0 Å². The molecule has 1 aromatic carbocycles. The van der Waals surface area contributed by atoms with Crippen molar-refractivity contribution in [2.24, 2.45) is 0 Å². The van der Waals surface area contributed by atoms with Crippen LogP contribution in [0.5, 0.6) is 0 Å². The fourth-order valence-electron chi connectivity index (χ4n) is 2.21. The van der Waals surface area contributed by atoms with Gasteiger partial charge in [-0.05, 0) is 31.4 Å². The van der Waals surface area contributed by atoms with E-state index in [9.17, 15) is 0 Å². The number of fused-ring (bicyclic) bond motifs is 1. The monoisotopic (exact) mass is 295 g/mol. The molecule has 0 saturated carbocycles. The molecule has 1 aromatic heterocycles. The van der Waals surface area contributed by atoms with Crippen LogP contribution in [0.2, 0.25) is 0 Å². The predicted octanol–water partition coefficient (Wildman–Crippen LogP) is 3.08. The van der Waals surface area contributed by atoms with Crippen LogP contribution in [0, 0.1) is 0 Å². The van der Waals surface area contributed by atoms with Gasteiger partial charge in [-0.2, -0.15) is 5.10 Å². The maximum absolute atomic E-state index is 5.98. The van der Waals surface area contributed by atoms with Crippen LogP contribution in [0.25, 0.3) is 10.9 Å². The van der Waals surface area contributed by atoms with Crippen molar-refractivity contribution in [1.82, 2.24) is 9.78 Å². The first kappa shape index (κ1) is 11.0. The van der Waals surface area contributed by atoms with Crippen LogP contribution in [0.4, 0.5) is 5.69 Å². The number of hydrogen-bond acceptors (Lipinski definition) is 3. The second-order valence-electron chi connectivity index (χ2n) is 4.36. The summed E-state index contributed by atoms with van der Waals surface area (Å²) >= 11 is 3.43. The van der Waals surface area contributed by atoms with Crippen molar-refractivity contribution in [3.05, 3.63) is 22.8 Å². The lowest BCUT2D eigenvalue weighted by Crippen LogP contribution is -2.18. The number of halogens is 1. The van der Waals surface area contributed by atoms with E-state index < -0.39 is 0 Å². The second kappa shape index (κ2) is 4.31. The normalized spacial score (nSPS) is 20.9. The van der Waals surface area contributed by atoms with Crippen LogP contribution in [-0.4, -0.2) is 16.4 Å². The van der Waals surface area contributed by atoms with Gasteiger partial charge in [0.1, 0.15) is 6.23 Å². The summed E-state index contributed by atoms with van der Waals surface area (Å²) in [6.07, 6.45) is 5.40. The molecule has 1 fully saturated rings. The quantitative estimate of drug-likeness (QED) is 0.823. The zero-order valence-corrected chi connectivity index (χ0v) is 11.0. The highest BCUT2D eigenvalue weighted by molar-refractivity contribution is 9.10. The van der Waals surface area contributed by atoms with Gasteiger partial charge in [0.2, 0.25) is 0 Å². The molecule has 5 heteroatoms. The molecule has 0 unspecified atom stereocenters. The average Bonchev–Trinajstić information content (AvgIpc) is 2.74. The van der Waals surface area contributed by atoms with Gasteiger partial charge in [0, 0.05) is 28.4 Å². The van der Waals surface area contributed by atoms with Crippen LogP contribution in [0.1, 0.15) is 25.5 Å². The van der Waals surface area contributed by atoms with Crippen LogP contribution in [0.15, 0.2) is 22.8 Å². The smallest absolute Gasteiger partial charge is 0.150 e. The van der Waals surface area contributed by atoms with E-state index in [1.165, 1.54) is 6.42 Å². The number of rotatable bonds is 1. The molecule has 90 valence electrons. The van der Waals surface area contributed by atoms with Gasteiger partial charge < -0.3 is 10.5 Å². The number of nitrogen functional groups attached to an aromatic ring is 1. The minimum absolute atomic E-state index is 0.0642. The molecule has 1 aliphatic heterocycles. The van der Waals surface area contributed by atoms with E-state index in [1.54, 1.807) is 0 Å². The van der Waals surface area contributed by atoms with Gasteiger partial charge in [0.25, 0.3) is 0 Å². The average molecular weight is 296 g/mol. The summed E-state index contributed by atoms with van der Waals surface area (Å²) in [6, 6.07) is 3.88. The van der Waals surface area contributed by atoms with Crippen molar-refractivity contribution in [3.63, 3.8) is 0 Å². The Morgan fingerprint density at radius 3 is 3.06 bits per heavy atom. The molecule has 0 bridgehead atoms. The summed E-state index contributed by atoms with van der Waals surface area (Å²) in [5.41, 5.74) is 7.63.